The van der Waals surface area contributed by atoms with Crippen molar-refractivity contribution in [1.29, 1.82) is 0 Å². The highest BCUT2D eigenvalue weighted by Crippen LogP contribution is 2.18. The first kappa shape index (κ1) is 22.2. The Morgan fingerprint density at radius 1 is 1.18 bits per heavy atom. The zero-order valence-electron chi connectivity index (χ0n) is 16.7. The van der Waals surface area contributed by atoms with Crippen molar-refractivity contribution >= 4 is 17.7 Å². The molecule has 0 saturated carbocycles. The van der Waals surface area contributed by atoms with Crippen LogP contribution in [-0.2, 0) is 18.3 Å². The molecule has 0 amide bonds. The smallest absolute Gasteiger partial charge is 0.191 e. The van der Waals surface area contributed by atoms with Gasteiger partial charge in [-0.3, -0.25) is 0 Å². The molecule has 0 bridgehead atoms. The Morgan fingerprint density at radius 2 is 1.89 bits per heavy atom. The van der Waals surface area contributed by atoms with Gasteiger partial charge in [0.15, 0.2) is 11.8 Å². The van der Waals surface area contributed by atoms with Crippen molar-refractivity contribution in [2.75, 3.05) is 32.6 Å². The number of nitrogens with zero attached hydrogens (tertiary/aromatic N) is 4. The molecule has 0 atom stereocenters. The summed E-state index contributed by atoms with van der Waals surface area (Å²) >= 11 is 1.72. The predicted molar refractivity (Wildman–Crippen MR) is 111 cm³/mol. The third-order valence-corrected chi connectivity index (χ3v) is 5.17. The standard InChI is InChI=1S/C19H29FN6OS/c1-15-24-25-18(26(15)2)14-23-19(21-10-4-12-27-3)22-11-5-13-28-17-8-6-16(20)7-9-17/h6-9H,4-5,10-14H2,1-3H3,(H2,21,22,23). The third kappa shape index (κ3) is 7.85. The number of aliphatic imine (C=N–C) groups is 1. The van der Waals surface area contributed by atoms with Crippen LogP contribution in [0.1, 0.15) is 24.5 Å². The summed E-state index contributed by atoms with van der Waals surface area (Å²) < 4.78 is 20.0. The molecule has 0 saturated heterocycles. The number of thioether (sulfide) groups is 1. The first-order valence-electron chi connectivity index (χ1n) is 9.34. The highest BCUT2D eigenvalue weighted by Gasteiger charge is 2.05. The topological polar surface area (TPSA) is 76.4 Å². The molecule has 0 fully saturated rings. The highest BCUT2D eigenvalue weighted by atomic mass is 32.2. The van der Waals surface area contributed by atoms with Crippen LogP contribution >= 0.6 is 11.8 Å². The van der Waals surface area contributed by atoms with Gasteiger partial charge in [0.1, 0.15) is 18.2 Å². The number of ether oxygens (including phenoxy) is 1. The lowest BCUT2D eigenvalue weighted by atomic mass is 10.4. The second kappa shape index (κ2) is 12.4. The quantitative estimate of drug-likeness (QED) is 0.258. The Morgan fingerprint density at radius 3 is 2.54 bits per heavy atom. The van der Waals surface area contributed by atoms with E-state index >= 15 is 0 Å². The Bertz CT molecular complexity index is 735. The van der Waals surface area contributed by atoms with Crippen LogP contribution in [0.5, 0.6) is 0 Å². The lowest BCUT2D eigenvalue weighted by molar-refractivity contribution is 0.195. The molecule has 0 aliphatic heterocycles. The number of hydrogen-bond donors (Lipinski definition) is 2. The molecule has 0 unspecified atom stereocenters. The molecule has 28 heavy (non-hydrogen) atoms. The van der Waals surface area contributed by atoms with Crippen LogP contribution in [0, 0.1) is 12.7 Å². The molecule has 154 valence electrons. The minimum atomic E-state index is -0.204. The van der Waals surface area contributed by atoms with Crippen LogP contribution in [-0.4, -0.2) is 53.3 Å². The summed E-state index contributed by atoms with van der Waals surface area (Å²) in [6.07, 6.45) is 1.87. The van der Waals surface area contributed by atoms with Crippen molar-refractivity contribution < 1.29 is 9.13 Å². The van der Waals surface area contributed by atoms with E-state index in [0.29, 0.717) is 13.2 Å². The van der Waals surface area contributed by atoms with Crippen molar-refractivity contribution in [1.82, 2.24) is 25.4 Å². The van der Waals surface area contributed by atoms with Gasteiger partial charge in [-0.25, -0.2) is 9.38 Å². The van der Waals surface area contributed by atoms with Crippen LogP contribution in [0.4, 0.5) is 4.39 Å². The zero-order valence-corrected chi connectivity index (χ0v) is 17.6. The molecular weight excluding hydrogens is 379 g/mol. The highest BCUT2D eigenvalue weighted by molar-refractivity contribution is 7.99. The van der Waals surface area contributed by atoms with Crippen molar-refractivity contribution in [3.05, 3.63) is 41.7 Å². The molecule has 1 aromatic heterocycles. The summed E-state index contributed by atoms with van der Waals surface area (Å²) in [5.41, 5.74) is 0. The number of guanidine groups is 1. The van der Waals surface area contributed by atoms with Gasteiger partial charge < -0.3 is 19.9 Å². The zero-order chi connectivity index (χ0) is 20.2. The maximum Gasteiger partial charge on any atom is 0.191 e. The molecule has 0 spiro atoms. The monoisotopic (exact) mass is 408 g/mol. The minimum Gasteiger partial charge on any atom is -0.385 e. The third-order valence-electron chi connectivity index (χ3n) is 4.07. The summed E-state index contributed by atoms with van der Waals surface area (Å²) in [5, 5.41) is 14.9. The molecule has 2 rings (SSSR count). The lowest BCUT2D eigenvalue weighted by Crippen LogP contribution is -2.38. The van der Waals surface area contributed by atoms with Crippen molar-refractivity contribution in [3.8, 4) is 0 Å². The number of aromatic nitrogens is 3. The van der Waals surface area contributed by atoms with Gasteiger partial charge in [0.25, 0.3) is 0 Å². The van der Waals surface area contributed by atoms with Crippen molar-refractivity contribution in [2.45, 2.75) is 31.2 Å². The van der Waals surface area contributed by atoms with Gasteiger partial charge in [0.2, 0.25) is 0 Å². The molecule has 9 heteroatoms. The first-order valence-corrected chi connectivity index (χ1v) is 10.3. The average molecular weight is 409 g/mol. The van der Waals surface area contributed by atoms with Gasteiger partial charge in [0, 0.05) is 38.7 Å². The summed E-state index contributed by atoms with van der Waals surface area (Å²) in [4.78, 5) is 5.69. The molecule has 7 nitrogen and oxygen atoms in total. The number of nitrogens with one attached hydrogen (secondary N) is 2. The van der Waals surface area contributed by atoms with Gasteiger partial charge in [0.05, 0.1) is 0 Å². The summed E-state index contributed by atoms with van der Waals surface area (Å²) in [6, 6.07) is 6.59. The molecular formula is C19H29FN6OS. The first-order chi connectivity index (χ1) is 13.6. The molecule has 2 aromatic rings. The lowest BCUT2D eigenvalue weighted by Gasteiger charge is -2.12. The average Bonchev–Trinajstić information content (AvgIpc) is 3.02. The van der Waals surface area contributed by atoms with Crippen LogP contribution in [0.15, 0.2) is 34.2 Å². The van der Waals surface area contributed by atoms with Gasteiger partial charge in [-0.2, -0.15) is 0 Å². The van der Waals surface area contributed by atoms with Crippen LogP contribution < -0.4 is 10.6 Å². The van der Waals surface area contributed by atoms with E-state index in [1.807, 2.05) is 18.5 Å². The molecule has 0 radical (unpaired) electrons. The summed E-state index contributed by atoms with van der Waals surface area (Å²) in [6.45, 7) is 4.66. The summed E-state index contributed by atoms with van der Waals surface area (Å²) in [7, 11) is 3.63. The second-order valence-corrected chi connectivity index (χ2v) is 7.41. The van der Waals surface area contributed by atoms with Crippen LogP contribution in [0.3, 0.4) is 0 Å². The minimum absolute atomic E-state index is 0.204. The van der Waals surface area contributed by atoms with E-state index in [2.05, 4.69) is 25.8 Å². The number of benzene rings is 1. The number of rotatable bonds is 11. The van der Waals surface area contributed by atoms with Gasteiger partial charge >= 0.3 is 0 Å². The van der Waals surface area contributed by atoms with E-state index in [9.17, 15) is 4.39 Å². The molecule has 2 N–H and O–H groups in total. The second-order valence-electron chi connectivity index (χ2n) is 6.24. The van der Waals surface area contributed by atoms with E-state index in [-0.39, 0.29) is 5.82 Å². The van der Waals surface area contributed by atoms with E-state index in [0.717, 1.165) is 54.2 Å². The van der Waals surface area contributed by atoms with E-state index in [4.69, 9.17) is 4.74 Å². The Labute approximate surface area is 170 Å². The Kier molecular flexibility index (Phi) is 9.78. The predicted octanol–water partition coefficient (Wildman–Crippen LogP) is 2.52. The van der Waals surface area contributed by atoms with Gasteiger partial charge in [-0.05, 0) is 49.8 Å². The maximum absolute atomic E-state index is 12.9. The van der Waals surface area contributed by atoms with Crippen LogP contribution in [0.25, 0.3) is 0 Å². The summed E-state index contributed by atoms with van der Waals surface area (Å²) in [5.74, 6) is 3.18. The Hall–Kier alpha value is -2.13. The number of hydrogen-bond acceptors (Lipinski definition) is 5. The van der Waals surface area contributed by atoms with E-state index < -0.39 is 0 Å². The Balaban J connectivity index is 1.78. The maximum atomic E-state index is 12.9. The fourth-order valence-electron chi connectivity index (χ4n) is 2.34. The molecule has 1 aromatic carbocycles. The van der Waals surface area contributed by atoms with E-state index in [1.165, 1.54) is 12.1 Å². The van der Waals surface area contributed by atoms with Gasteiger partial charge in [-0.15, -0.1) is 22.0 Å². The number of methoxy groups -OCH3 is 1. The van der Waals surface area contributed by atoms with E-state index in [1.54, 1.807) is 31.0 Å². The van der Waals surface area contributed by atoms with Crippen LogP contribution in [0.2, 0.25) is 0 Å². The fourth-order valence-corrected chi connectivity index (χ4v) is 3.19. The van der Waals surface area contributed by atoms with Gasteiger partial charge in [-0.1, -0.05) is 0 Å². The normalized spacial score (nSPS) is 11.6. The number of halogens is 1. The van der Waals surface area contributed by atoms with Crippen molar-refractivity contribution in [2.24, 2.45) is 12.0 Å². The SMILES string of the molecule is COCCCNC(=NCc1nnc(C)n1C)NCCCSc1ccc(F)cc1. The van der Waals surface area contributed by atoms with Crippen molar-refractivity contribution in [3.63, 3.8) is 0 Å². The largest absolute Gasteiger partial charge is 0.385 e. The fraction of sp³-hybridized carbons (Fsp3) is 0.526. The number of aryl methyl sites for hydroxylation is 1. The molecule has 1 heterocycles. The molecule has 0 aliphatic carbocycles. The molecule has 0 aliphatic rings.